The molecule has 2 heterocycles. The first kappa shape index (κ1) is 21.5. The Labute approximate surface area is 172 Å². The molecule has 11 heteroatoms. The molecule has 0 radical (unpaired) electrons. The van der Waals surface area contributed by atoms with Crippen molar-refractivity contribution in [2.45, 2.75) is 65.2 Å². The van der Waals surface area contributed by atoms with Gasteiger partial charge in [0.2, 0.25) is 5.95 Å². The van der Waals surface area contributed by atoms with Crippen molar-refractivity contribution in [3.63, 3.8) is 0 Å². The largest absolute Gasteiger partial charge is 0.456 e. The maximum absolute atomic E-state index is 11.8. The molecule has 0 unspecified atom stereocenters. The van der Waals surface area contributed by atoms with E-state index in [2.05, 4.69) is 10.3 Å². The fraction of sp³-hybridized carbons (Fsp3) is 0.526. The van der Waals surface area contributed by atoms with Crippen LogP contribution in [0.25, 0.3) is 11.0 Å². The smallest absolute Gasteiger partial charge is 0.303 e. The Hall–Kier alpha value is -3.21. The van der Waals surface area contributed by atoms with Gasteiger partial charge in [0, 0.05) is 32.0 Å². The molecule has 162 valence electrons. The standard InChI is InChI=1S/C19H24N4O7/c1-9(2)20-19-21-14-8-13(23(26)27)6-7-15(14)22(19)18-17(30-12(5)25)16(10(3)28-18)29-11(4)24/h6-10,16-18H,1-5H3,(H,20,21)/t10-,16-,17-,18-/m1/s1. The highest BCUT2D eigenvalue weighted by molar-refractivity contribution is 5.81. The van der Waals surface area contributed by atoms with Crippen molar-refractivity contribution in [1.29, 1.82) is 0 Å². The normalized spacial score (nSPS) is 23.5. The van der Waals surface area contributed by atoms with Crippen molar-refractivity contribution in [2.75, 3.05) is 5.32 Å². The lowest BCUT2D eigenvalue weighted by atomic mass is 10.1. The van der Waals surface area contributed by atoms with Crippen LogP contribution in [0.4, 0.5) is 11.6 Å². The van der Waals surface area contributed by atoms with Gasteiger partial charge in [-0.2, -0.15) is 0 Å². The summed E-state index contributed by atoms with van der Waals surface area (Å²) in [4.78, 5) is 38.5. The molecule has 1 aliphatic heterocycles. The molecule has 0 aliphatic carbocycles. The first-order valence-corrected chi connectivity index (χ1v) is 9.51. The molecule has 0 amide bonds. The van der Waals surface area contributed by atoms with Gasteiger partial charge in [0.15, 0.2) is 18.4 Å². The van der Waals surface area contributed by atoms with Gasteiger partial charge in [0.25, 0.3) is 5.69 Å². The van der Waals surface area contributed by atoms with E-state index in [1.165, 1.54) is 26.0 Å². The molecular weight excluding hydrogens is 396 g/mol. The minimum absolute atomic E-state index is 0.00850. The van der Waals surface area contributed by atoms with Crippen LogP contribution >= 0.6 is 0 Å². The summed E-state index contributed by atoms with van der Waals surface area (Å²) < 4.78 is 18.5. The van der Waals surface area contributed by atoms with Crippen LogP contribution in [0, 0.1) is 10.1 Å². The van der Waals surface area contributed by atoms with E-state index in [1.807, 2.05) is 13.8 Å². The molecule has 11 nitrogen and oxygen atoms in total. The van der Waals surface area contributed by atoms with E-state index in [-0.39, 0.29) is 11.7 Å². The van der Waals surface area contributed by atoms with Gasteiger partial charge in [-0.1, -0.05) is 0 Å². The van der Waals surface area contributed by atoms with Crippen LogP contribution in [0.3, 0.4) is 0 Å². The van der Waals surface area contributed by atoms with E-state index in [1.54, 1.807) is 17.6 Å². The molecule has 1 aliphatic rings. The zero-order chi connectivity index (χ0) is 22.2. The molecule has 1 fully saturated rings. The van der Waals surface area contributed by atoms with Crippen molar-refractivity contribution < 1.29 is 28.7 Å². The SMILES string of the molecule is CC(=O)O[C@@H]1[C@H](OC(C)=O)[C@@H](C)O[C@H]1n1c(NC(C)C)nc2cc([N+](=O)[O-])ccc21. The minimum Gasteiger partial charge on any atom is -0.456 e. The first-order valence-electron chi connectivity index (χ1n) is 9.51. The van der Waals surface area contributed by atoms with Crippen LogP contribution in [-0.4, -0.2) is 50.8 Å². The van der Waals surface area contributed by atoms with Gasteiger partial charge in [-0.15, -0.1) is 0 Å². The summed E-state index contributed by atoms with van der Waals surface area (Å²) in [5.41, 5.74) is 0.820. The average Bonchev–Trinajstić information content (AvgIpc) is 3.11. The van der Waals surface area contributed by atoms with E-state index in [9.17, 15) is 19.7 Å². The highest BCUT2D eigenvalue weighted by atomic mass is 16.6. The van der Waals surface area contributed by atoms with Gasteiger partial charge >= 0.3 is 11.9 Å². The Balaban J connectivity index is 2.14. The monoisotopic (exact) mass is 420 g/mol. The number of aromatic nitrogens is 2. The number of benzene rings is 1. The lowest BCUT2D eigenvalue weighted by molar-refractivity contribution is -0.384. The number of non-ortho nitro benzene ring substituents is 1. The number of anilines is 1. The second kappa shape index (κ2) is 8.27. The molecule has 1 saturated heterocycles. The number of nitrogens with one attached hydrogen (secondary N) is 1. The van der Waals surface area contributed by atoms with Gasteiger partial charge in [-0.3, -0.25) is 24.3 Å². The summed E-state index contributed by atoms with van der Waals surface area (Å²) in [6.07, 6.45) is -3.17. The van der Waals surface area contributed by atoms with Gasteiger partial charge in [0.05, 0.1) is 22.1 Å². The fourth-order valence-corrected chi connectivity index (χ4v) is 3.50. The average molecular weight is 420 g/mol. The number of hydrogen-bond acceptors (Lipinski definition) is 9. The number of carbonyl (C=O) groups excluding carboxylic acids is 2. The number of esters is 2. The molecule has 4 atom stereocenters. The number of imidazole rings is 1. The number of ether oxygens (including phenoxy) is 3. The number of nitrogens with zero attached hydrogens (tertiary/aromatic N) is 3. The Morgan fingerprint density at radius 2 is 1.87 bits per heavy atom. The van der Waals surface area contributed by atoms with Crippen LogP contribution < -0.4 is 5.32 Å². The lowest BCUT2D eigenvalue weighted by Gasteiger charge is -2.25. The molecule has 2 aromatic rings. The molecule has 0 saturated carbocycles. The van der Waals surface area contributed by atoms with E-state index in [4.69, 9.17) is 14.2 Å². The Kier molecular flexibility index (Phi) is 5.92. The molecule has 0 bridgehead atoms. The second-order valence-electron chi connectivity index (χ2n) is 7.41. The summed E-state index contributed by atoms with van der Waals surface area (Å²) >= 11 is 0. The van der Waals surface area contributed by atoms with E-state index < -0.39 is 41.4 Å². The van der Waals surface area contributed by atoms with Crippen molar-refractivity contribution in [1.82, 2.24) is 9.55 Å². The highest BCUT2D eigenvalue weighted by Gasteiger charge is 2.49. The summed E-state index contributed by atoms with van der Waals surface area (Å²) in [6.45, 7) is 8.06. The highest BCUT2D eigenvalue weighted by Crippen LogP contribution is 2.38. The molecule has 1 aromatic heterocycles. The Bertz CT molecular complexity index is 987. The van der Waals surface area contributed by atoms with E-state index in [0.29, 0.717) is 17.0 Å². The van der Waals surface area contributed by atoms with Crippen LogP contribution in [0.15, 0.2) is 18.2 Å². The van der Waals surface area contributed by atoms with Crippen LogP contribution in [0.2, 0.25) is 0 Å². The quantitative estimate of drug-likeness (QED) is 0.425. The number of carbonyl (C=O) groups is 2. The molecule has 1 N–H and O–H groups in total. The minimum atomic E-state index is -0.929. The maximum Gasteiger partial charge on any atom is 0.303 e. The van der Waals surface area contributed by atoms with Gasteiger partial charge in [-0.25, -0.2) is 4.98 Å². The summed E-state index contributed by atoms with van der Waals surface area (Å²) in [5.74, 6) is -0.698. The van der Waals surface area contributed by atoms with Crippen molar-refractivity contribution in [3.8, 4) is 0 Å². The van der Waals surface area contributed by atoms with E-state index in [0.717, 1.165) is 0 Å². The third-order valence-corrected chi connectivity index (χ3v) is 4.58. The van der Waals surface area contributed by atoms with Crippen molar-refractivity contribution >= 4 is 34.6 Å². The predicted octanol–water partition coefficient (Wildman–Crippen LogP) is 2.55. The van der Waals surface area contributed by atoms with Gasteiger partial charge in [-0.05, 0) is 26.8 Å². The molecule has 1 aromatic carbocycles. The zero-order valence-electron chi connectivity index (χ0n) is 17.3. The summed E-state index contributed by atoms with van der Waals surface area (Å²) in [7, 11) is 0. The number of fused-ring (bicyclic) bond motifs is 1. The van der Waals surface area contributed by atoms with Crippen LogP contribution in [0.1, 0.15) is 40.8 Å². The van der Waals surface area contributed by atoms with Gasteiger partial charge in [0.1, 0.15) is 0 Å². The Morgan fingerprint density at radius 3 is 2.43 bits per heavy atom. The summed E-state index contributed by atoms with van der Waals surface area (Å²) in [6, 6.07) is 4.28. The zero-order valence-corrected chi connectivity index (χ0v) is 17.3. The topological polar surface area (TPSA) is 135 Å². The number of rotatable bonds is 6. The molecule has 0 spiro atoms. The van der Waals surface area contributed by atoms with Crippen LogP contribution in [-0.2, 0) is 23.8 Å². The van der Waals surface area contributed by atoms with E-state index >= 15 is 0 Å². The van der Waals surface area contributed by atoms with Gasteiger partial charge < -0.3 is 19.5 Å². The van der Waals surface area contributed by atoms with Crippen molar-refractivity contribution in [2.24, 2.45) is 0 Å². The Morgan fingerprint density at radius 1 is 1.23 bits per heavy atom. The lowest BCUT2D eigenvalue weighted by Crippen LogP contribution is -2.38. The number of nitro groups is 1. The summed E-state index contributed by atoms with van der Waals surface area (Å²) in [5, 5.41) is 14.3. The predicted molar refractivity (Wildman–Crippen MR) is 106 cm³/mol. The maximum atomic E-state index is 11.8. The molecule has 30 heavy (non-hydrogen) atoms. The number of hydrogen-bond donors (Lipinski definition) is 1. The second-order valence-corrected chi connectivity index (χ2v) is 7.41. The third kappa shape index (κ3) is 4.20. The van der Waals surface area contributed by atoms with Crippen LogP contribution in [0.5, 0.6) is 0 Å². The molecule has 3 rings (SSSR count). The fourth-order valence-electron chi connectivity index (χ4n) is 3.50. The number of nitro benzene ring substituents is 1. The first-order chi connectivity index (χ1) is 14.1. The molecular formula is C19H24N4O7. The third-order valence-electron chi connectivity index (χ3n) is 4.58. The van der Waals surface area contributed by atoms with Crippen molar-refractivity contribution in [3.05, 3.63) is 28.3 Å².